The zero-order valence-corrected chi connectivity index (χ0v) is 18.1. The molecule has 0 amide bonds. The Morgan fingerprint density at radius 1 is 0.793 bits per heavy atom. The van der Waals surface area contributed by atoms with E-state index < -0.39 is 23.4 Å². The van der Waals surface area contributed by atoms with Crippen LogP contribution in [0.4, 0.5) is 0 Å². The zero-order valence-electron chi connectivity index (χ0n) is 16.4. The maximum atomic E-state index is 11.9. The van der Waals surface area contributed by atoms with Crippen molar-refractivity contribution in [2.75, 3.05) is 19.8 Å². The molecule has 0 radical (unpaired) electrons. The number of fused-ring (bicyclic) bond motifs is 2. The monoisotopic (exact) mass is 446 g/mol. The summed E-state index contributed by atoms with van der Waals surface area (Å²) in [6.07, 6.45) is 0. The fourth-order valence-corrected chi connectivity index (χ4v) is 9.04. The molecule has 1 aliphatic rings. The fourth-order valence-electron chi connectivity index (χ4n) is 3.62. The average molecular weight is 447 g/mol. The van der Waals surface area contributed by atoms with Gasteiger partial charge in [-0.15, -0.1) is 0 Å². The number of rotatable bonds is 9. The molecule has 8 nitrogen and oxygen atoms in total. The van der Waals surface area contributed by atoms with Gasteiger partial charge in [0.1, 0.15) is 0 Å². The van der Waals surface area contributed by atoms with E-state index in [1.807, 2.05) is 0 Å². The summed E-state index contributed by atoms with van der Waals surface area (Å²) >= 11 is 0. The molecule has 0 bridgehead atoms. The Morgan fingerprint density at radius 2 is 1.21 bits per heavy atom. The number of halogens is 1. The molecular weight excluding hydrogens is 423 g/mol. The maximum absolute atomic E-state index is 11.9. The summed E-state index contributed by atoms with van der Waals surface area (Å²) in [4.78, 5) is 0. The van der Waals surface area contributed by atoms with Crippen LogP contribution in [0.1, 0.15) is 37.6 Å². The van der Waals surface area contributed by atoms with Gasteiger partial charge >= 0.3 is 172 Å². The van der Waals surface area contributed by atoms with Crippen LogP contribution in [-0.4, -0.2) is 19.8 Å². The molecule has 0 aromatic heterocycles. The van der Waals surface area contributed by atoms with Crippen LogP contribution in [0.15, 0.2) is 48.5 Å². The first kappa shape index (κ1) is 22.4. The van der Waals surface area contributed by atoms with E-state index in [-0.39, 0.29) is 19.8 Å². The molecule has 0 saturated carbocycles. The van der Waals surface area contributed by atoms with Gasteiger partial charge in [-0.1, -0.05) is 0 Å². The number of para-hydroxylation sites is 2. The van der Waals surface area contributed by atoms with Gasteiger partial charge in [0.25, 0.3) is 0 Å². The molecule has 0 aliphatic carbocycles. The Hall–Kier alpha value is -1.32. The van der Waals surface area contributed by atoms with Gasteiger partial charge in [-0.3, -0.25) is 0 Å². The Labute approximate surface area is 171 Å². The van der Waals surface area contributed by atoms with E-state index in [9.17, 15) is 14.0 Å². The molecule has 0 unspecified atom stereocenters. The molecule has 160 valence electrons. The van der Waals surface area contributed by atoms with Crippen molar-refractivity contribution in [3.63, 3.8) is 0 Å². The number of hydrogen-bond donors (Lipinski definition) is 0. The first-order valence-corrected chi connectivity index (χ1v) is 12.4. The van der Waals surface area contributed by atoms with Crippen molar-refractivity contribution in [1.82, 2.24) is 0 Å². The third-order valence-electron chi connectivity index (χ3n) is 4.36. The molecule has 29 heavy (non-hydrogen) atoms. The summed E-state index contributed by atoms with van der Waals surface area (Å²) in [6.45, 7) is 4.91. The Bertz CT molecular complexity index is 791. The zero-order chi connectivity index (χ0) is 21.1. The molecule has 1 heterocycles. The molecule has 0 saturated heterocycles. The number of benzene rings is 2. The molecule has 1 aliphatic heterocycles. The van der Waals surface area contributed by atoms with E-state index >= 15 is 0 Å². The first-order chi connectivity index (χ1) is 13.8. The van der Waals surface area contributed by atoms with E-state index in [1.165, 1.54) is 0 Å². The van der Waals surface area contributed by atoms with Crippen LogP contribution in [0, 0.1) is 10.2 Å². The normalized spacial score (nSPS) is 15.7. The number of ether oxygens (including phenoxy) is 1. The molecule has 0 fully saturated rings. The van der Waals surface area contributed by atoms with Crippen molar-refractivity contribution >= 4 is 7.51 Å². The second-order valence-corrected chi connectivity index (χ2v) is 10.5. The van der Waals surface area contributed by atoms with Crippen LogP contribution in [0.5, 0.6) is 11.5 Å². The minimum absolute atomic E-state index is 0.00937. The third kappa shape index (κ3) is 4.14. The van der Waals surface area contributed by atoms with Gasteiger partial charge in [-0.2, -0.15) is 0 Å². The summed E-state index contributed by atoms with van der Waals surface area (Å²) < 4.78 is 64.7. The Morgan fingerprint density at radius 3 is 1.59 bits per heavy atom. The summed E-state index contributed by atoms with van der Waals surface area (Å²) in [7, 11) is -10.0. The standard InChI is InChI=1S/C19H24ClO8P/c1-4-24-29(25-5-2,26-6-3,28-20(21,22)23)19-15-11-7-9-13-17(15)27-18-14-10-8-12-16(18)19/h7-14,19H,4-6H2,1-3H3. The van der Waals surface area contributed by atoms with E-state index in [0.29, 0.717) is 22.6 Å². The second-order valence-electron chi connectivity index (χ2n) is 6.15. The van der Waals surface area contributed by atoms with Gasteiger partial charge in [0.15, 0.2) is 0 Å². The fraction of sp³-hybridized carbons (Fsp3) is 0.368. The van der Waals surface area contributed by atoms with Gasteiger partial charge in [0, 0.05) is 0 Å². The van der Waals surface area contributed by atoms with E-state index in [4.69, 9.17) is 22.4 Å². The van der Waals surface area contributed by atoms with Crippen LogP contribution >= 0.6 is 7.51 Å². The quantitative estimate of drug-likeness (QED) is 0.538. The summed E-state index contributed by atoms with van der Waals surface area (Å²) in [5, 5.41) is 0. The Balaban J connectivity index is 2.38. The van der Waals surface area contributed by atoms with Crippen LogP contribution in [-0.2, 0) is 17.6 Å². The Kier molecular flexibility index (Phi) is 6.50. The second kappa shape index (κ2) is 8.43. The molecule has 2 aromatic rings. The van der Waals surface area contributed by atoms with Crippen molar-refractivity contribution in [2.24, 2.45) is 0 Å². The average Bonchev–Trinajstić information content (AvgIpc) is 2.65. The predicted octanol–water partition coefficient (Wildman–Crippen LogP) is 2.12. The van der Waals surface area contributed by atoms with Crippen molar-refractivity contribution in [1.29, 1.82) is 0 Å². The molecular formula is C19H24ClO8P. The van der Waals surface area contributed by atoms with Crippen molar-refractivity contribution < 1.29 is 46.6 Å². The van der Waals surface area contributed by atoms with E-state index in [0.717, 1.165) is 0 Å². The first-order valence-electron chi connectivity index (χ1n) is 9.23. The van der Waals surface area contributed by atoms with E-state index in [2.05, 4.69) is 0 Å². The molecule has 2 aromatic carbocycles. The van der Waals surface area contributed by atoms with Gasteiger partial charge in [-0.25, -0.2) is 0 Å². The van der Waals surface area contributed by atoms with Gasteiger partial charge in [0.05, 0.1) is 0 Å². The topological polar surface area (TPSA) is 115 Å². The minimum atomic E-state index is -5.09. The van der Waals surface area contributed by atoms with Gasteiger partial charge in [-0.05, 0) is 0 Å². The third-order valence-corrected chi connectivity index (χ3v) is 9.60. The summed E-state index contributed by atoms with van der Waals surface area (Å²) in [6, 6.07) is 14.0. The summed E-state index contributed by atoms with van der Waals surface area (Å²) in [5.74, 6) is 0.931. The van der Waals surface area contributed by atoms with Gasteiger partial charge in [0.2, 0.25) is 0 Å². The van der Waals surface area contributed by atoms with Crippen molar-refractivity contribution in [2.45, 2.75) is 26.4 Å². The number of hydrogen-bond acceptors (Lipinski definition) is 8. The van der Waals surface area contributed by atoms with E-state index in [1.54, 1.807) is 69.3 Å². The molecule has 10 heteroatoms. The molecule has 0 atom stereocenters. The SMILES string of the molecule is CCOP(OCC)(OCC)(O[Cl+3]([O-])([O-])[O-])C1c2ccccc2Oc2ccccc21. The molecule has 0 N–H and O–H groups in total. The van der Waals surface area contributed by atoms with Crippen LogP contribution in [0.25, 0.3) is 0 Å². The van der Waals surface area contributed by atoms with Crippen LogP contribution < -0.4 is 18.7 Å². The predicted molar refractivity (Wildman–Crippen MR) is 97.7 cm³/mol. The van der Waals surface area contributed by atoms with Crippen molar-refractivity contribution in [3.8, 4) is 11.5 Å². The van der Waals surface area contributed by atoms with Gasteiger partial charge < -0.3 is 0 Å². The molecule has 0 spiro atoms. The van der Waals surface area contributed by atoms with Crippen LogP contribution in [0.3, 0.4) is 0 Å². The molecule has 3 rings (SSSR count). The summed E-state index contributed by atoms with van der Waals surface area (Å²) in [5.41, 5.74) is 0.106. The van der Waals surface area contributed by atoms with Crippen LogP contribution in [0.2, 0.25) is 0 Å². The van der Waals surface area contributed by atoms with Crippen molar-refractivity contribution in [3.05, 3.63) is 59.7 Å².